The molecule has 0 aliphatic carbocycles. The molecule has 2 aromatic carbocycles. The van der Waals surface area contributed by atoms with Crippen LogP contribution in [0.4, 0.5) is 20.4 Å². The van der Waals surface area contributed by atoms with E-state index in [1.165, 1.54) is 12.1 Å². The predicted molar refractivity (Wildman–Crippen MR) is 165 cm³/mol. The van der Waals surface area contributed by atoms with Gasteiger partial charge in [0.2, 0.25) is 5.95 Å². The lowest BCUT2D eigenvalue weighted by molar-refractivity contribution is -0.127. The lowest BCUT2D eigenvalue weighted by Crippen LogP contribution is -2.60. The Kier molecular flexibility index (Phi) is 9.12. The fourth-order valence-corrected chi connectivity index (χ4v) is 6.52. The van der Waals surface area contributed by atoms with Crippen LogP contribution in [0.5, 0.6) is 0 Å². The molecule has 10 nitrogen and oxygen atoms in total. The molecular formula is C31H36F2N6O4S. The number of fused-ring (bicyclic) bond motifs is 1. The Labute approximate surface area is 255 Å². The number of carbonyl (C=O) groups is 1. The molecule has 1 aliphatic heterocycles. The summed E-state index contributed by atoms with van der Waals surface area (Å²) in [4.78, 5) is 29.1. The van der Waals surface area contributed by atoms with Gasteiger partial charge >= 0.3 is 0 Å². The van der Waals surface area contributed by atoms with Crippen LogP contribution in [-0.4, -0.2) is 97.2 Å². The number of aromatic nitrogens is 3. The number of piperazine rings is 1. The molecule has 3 heterocycles. The highest BCUT2D eigenvalue weighted by molar-refractivity contribution is 7.90. The van der Waals surface area contributed by atoms with E-state index in [9.17, 15) is 17.6 Å². The van der Waals surface area contributed by atoms with Crippen LogP contribution in [-0.2, 0) is 25.8 Å². The number of hydrogen-bond acceptors (Lipinski definition) is 9. The van der Waals surface area contributed by atoms with Crippen molar-refractivity contribution >= 4 is 38.2 Å². The molecule has 1 fully saturated rings. The van der Waals surface area contributed by atoms with Gasteiger partial charge in [-0.2, -0.15) is 0 Å². The molecule has 0 unspecified atom stereocenters. The maximum atomic E-state index is 15.1. The van der Waals surface area contributed by atoms with E-state index in [1.807, 2.05) is 6.07 Å². The topological polar surface area (TPSA) is 121 Å². The van der Waals surface area contributed by atoms with Crippen molar-refractivity contribution in [2.45, 2.75) is 43.3 Å². The number of nitrogens with one attached hydrogen (secondary N) is 2. The molecule has 234 valence electrons. The second-order valence-electron chi connectivity index (χ2n) is 11.4. The van der Waals surface area contributed by atoms with Crippen molar-refractivity contribution in [3.05, 3.63) is 66.0 Å². The van der Waals surface area contributed by atoms with Gasteiger partial charge in [-0.15, -0.1) is 0 Å². The van der Waals surface area contributed by atoms with Crippen molar-refractivity contribution in [3.63, 3.8) is 0 Å². The number of rotatable bonds is 10. The van der Waals surface area contributed by atoms with E-state index >= 15 is 4.39 Å². The Morgan fingerprint density at radius 3 is 2.55 bits per heavy atom. The molecule has 44 heavy (non-hydrogen) atoms. The molecule has 0 bridgehead atoms. The number of Topliss-reactive ketones (excluding diaryl/α,β-unsaturated/α-hetero) is 1. The number of H-pyrrole nitrogens is 1. The summed E-state index contributed by atoms with van der Waals surface area (Å²) in [6.45, 7) is 6.08. The van der Waals surface area contributed by atoms with Crippen LogP contribution in [0.2, 0.25) is 0 Å². The molecule has 0 saturated carbocycles. The minimum atomic E-state index is -3.81. The third-order valence-corrected chi connectivity index (χ3v) is 9.41. The molecule has 4 aromatic rings. The van der Waals surface area contributed by atoms with Crippen molar-refractivity contribution in [2.75, 3.05) is 45.4 Å². The van der Waals surface area contributed by atoms with Gasteiger partial charge in [-0.25, -0.2) is 27.2 Å². The highest BCUT2D eigenvalue weighted by Crippen LogP contribution is 2.32. The van der Waals surface area contributed by atoms with E-state index in [-0.39, 0.29) is 36.1 Å². The number of halogens is 2. The van der Waals surface area contributed by atoms with Crippen LogP contribution in [0.3, 0.4) is 0 Å². The first-order chi connectivity index (χ1) is 20.9. The first-order valence-electron chi connectivity index (χ1n) is 14.2. The number of ether oxygens (including phenoxy) is 1. The molecule has 0 radical (unpaired) electrons. The second kappa shape index (κ2) is 12.7. The average molecular weight is 627 g/mol. The number of carbonyl (C=O) groups excluding carboxylic acids is 1. The first-order valence-corrected chi connectivity index (χ1v) is 16.1. The monoisotopic (exact) mass is 626 g/mol. The van der Waals surface area contributed by atoms with Gasteiger partial charge in [0.15, 0.2) is 27.3 Å². The number of hydrogen-bond donors (Lipinski definition) is 2. The van der Waals surface area contributed by atoms with Crippen molar-refractivity contribution in [3.8, 4) is 11.3 Å². The third kappa shape index (κ3) is 6.36. The quantitative estimate of drug-likeness (QED) is 0.267. The van der Waals surface area contributed by atoms with E-state index in [1.54, 1.807) is 25.4 Å². The Balaban J connectivity index is 1.43. The van der Waals surface area contributed by atoms with Crippen LogP contribution in [0.25, 0.3) is 22.2 Å². The zero-order chi connectivity index (χ0) is 31.8. The minimum absolute atomic E-state index is 0.0255. The Bertz CT molecular complexity index is 1790. The van der Waals surface area contributed by atoms with Crippen molar-refractivity contribution < 1.29 is 26.7 Å². The van der Waals surface area contributed by atoms with Crippen LogP contribution < -0.4 is 5.32 Å². The van der Waals surface area contributed by atoms with Gasteiger partial charge in [0.1, 0.15) is 10.6 Å². The Hall–Kier alpha value is -3.78. The fourth-order valence-electron chi connectivity index (χ4n) is 5.76. The van der Waals surface area contributed by atoms with Crippen molar-refractivity contribution in [1.82, 2.24) is 24.8 Å². The molecule has 0 amide bonds. The summed E-state index contributed by atoms with van der Waals surface area (Å²) in [5, 5.41) is 3.31. The zero-order valence-electron chi connectivity index (χ0n) is 25.3. The molecule has 1 saturated heterocycles. The van der Waals surface area contributed by atoms with Crippen LogP contribution >= 0.6 is 0 Å². The predicted octanol–water partition coefficient (Wildman–Crippen LogP) is 4.20. The van der Waals surface area contributed by atoms with E-state index < -0.39 is 32.4 Å². The maximum Gasteiger partial charge on any atom is 0.228 e. The highest BCUT2D eigenvalue weighted by Gasteiger charge is 2.34. The molecular weight excluding hydrogens is 590 g/mol. The second-order valence-corrected chi connectivity index (χ2v) is 13.4. The third-order valence-electron chi connectivity index (χ3n) is 8.30. The van der Waals surface area contributed by atoms with E-state index in [0.717, 1.165) is 37.2 Å². The Morgan fingerprint density at radius 2 is 1.86 bits per heavy atom. The lowest BCUT2D eigenvalue weighted by Gasteiger charge is -2.45. The number of ketones is 1. The molecule has 0 spiro atoms. The summed E-state index contributed by atoms with van der Waals surface area (Å²) in [5.74, 6) is -1.79. The number of likely N-dealkylation sites (N-methyl/N-ethyl adjacent to an activating group) is 1. The summed E-state index contributed by atoms with van der Waals surface area (Å²) in [7, 11) is -0.124. The molecule has 3 atom stereocenters. The van der Waals surface area contributed by atoms with Gasteiger partial charge in [0.05, 0.1) is 24.5 Å². The van der Waals surface area contributed by atoms with Gasteiger partial charge in [-0.3, -0.25) is 14.6 Å². The SMILES string of the molecule is COC[C@H](C(=O)Cc1cccc2c(-c3nc(Nc4cccc(S(C)(=O)=O)c4F)ncc3F)c[nH]c12)N1C[C@H](C)N(C)[C@@H](C)C1. The largest absolute Gasteiger partial charge is 0.383 e. The van der Waals surface area contributed by atoms with Crippen molar-refractivity contribution in [1.29, 1.82) is 0 Å². The number of para-hydroxylation sites is 1. The summed E-state index contributed by atoms with van der Waals surface area (Å²) in [6, 6.07) is 9.53. The van der Waals surface area contributed by atoms with Crippen LogP contribution in [0, 0.1) is 11.6 Å². The Morgan fingerprint density at radius 1 is 1.16 bits per heavy atom. The van der Waals surface area contributed by atoms with Gasteiger partial charge in [0, 0.05) is 67.6 Å². The number of nitrogens with zero attached hydrogens (tertiary/aromatic N) is 4. The standard InChI is InChI=1S/C31H36F2N6O4S/c1-18-15-39(16-19(2)38(18)3)25(17-43-4)26(40)12-20-8-6-9-21-22(13-34-29(20)21)30-23(32)14-35-31(37-30)36-24-10-7-11-27(28(24)33)44(5,41)42/h6-11,13-14,18-19,25,34H,12,15-17H2,1-5H3,(H,35,36,37)/t18-,19-,25+/m0/s1. The number of aromatic amines is 1. The number of sulfone groups is 1. The minimum Gasteiger partial charge on any atom is -0.383 e. The summed E-state index contributed by atoms with van der Waals surface area (Å²) < 4.78 is 59.4. The van der Waals surface area contributed by atoms with Gasteiger partial charge in [0.25, 0.3) is 0 Å². The highest BCUT2D eigenvalue weighted by atomic mass is 32.2. The molecule has 13 heteroatoms. The number of methoxy groups -OCH3 is 1. The molecule has 2 aromatic heterocycles. The normalized spacial score (nSPS) is 18.9. The lowest BCUT2D eigenvalue weighted by atomic mass is 9.98. The summed E-state index contributed by atoms with van der Waals surface area (Å²) >= 11 is 0. The summed E-state index contributed by atoms with van der Waals surface area (Å²) in [5.41, 5.74) is 1.64. The molecule has 2 N–H and O–H groups in total. The smallest absolute Gasteiger partial charge is 0.228 e. The fraction of sp³-hybridized carbons (Fsp3) is 0.387. The first kappa shape index (κ1) is 31.6. The van der Waals surface area contributed by atoms with Gasteiger partial charge in [-0.1, -0.05) is 24.3 Å². The maximum absolute atomic E-state index is 15.1. The van der Waals surface area contributed by atoms with Crippen LogP contribution in [0.1, 0.15) is 19.4 Å². The number of anilines is 2. The van der Waals surface area contributed by atoms with Gasteiger partial charge < -0.3 is 15.0 Å². The summed E-state index contributed by atoms with van der Waals surface area (Å²) in [6.07, 6.45) is 3.62. The average Bonchev–Trinajstić information content (AvgIpc) is 3.40. The van der Waals surface area contributed by atoms with Crippen LogP contribution in [0.15, 0.2) is 53.7 Å². The zero-order valence-corrected chi connectivity index (χ0v) is 26.1. The number of benzene rings is 2. The van der Waals surface area contributed by atoms with E-state index in [2.05, 4.69) is 51.0 Å². The van der Waals surface area contributed by atoms with E-state index in [4.69, 9.17) is 4.74 Å². The van der Waals surface area contributed by atoms with E-state index in [0.29, 0.717) is 28.6 Å². The molecule has 5 rings (SSSR count). The van der Waals surface area contributed by atoms with Gasteiger partial charge in [-0.05, 0) is 38.6 Å². The molecule has 1 aliphatic rings. The van der Waals surface area contributed by atoms with Crippen molar-refractivity contribution in [2.24, 2.45) is 0 Å².